The van der Waals surface area contributed by atoms with E-state index in [1.165, 1.54) is 0 Å². The summed E-state index contributed by atoms with van der Waals surface area (Å²) in [5.41, 5.74) is 2.43. The number of amides is 2. The van der Waals surface area contributed by atoms with Gasteiger partial charge in [-0.05, 0) is 68.2 Å². The lowest BCUT2D eigenvalue weighted by molar-refractivity contribution is 0.0855. The summed E-state index contributed by atoms with van der Waals surface area (Å²) < 4.78 is 8.14. The van der Waals surface area contributed by atoms with Crippen LogP contribution in [0.4, 0.5) is 11.6 Å². The average Bonchev–Trinajstić information content (AvgIpc) is 3.65. The predicted molar refractivity (Wildman–Crippen MR) is 203 cm³/mol. The van der Waals surface area contributed by atoms with Crippen LogP contribution in [-0.4, -0.2) is 95.5 Å². The third-order valence-corrected chi connectivity index (χ3v) is 9.58. The maximum Gasteiger partial charge on any atom is 0.255 e. The molecule has 0 radical (unpaired) electrons. The number of pyridine rings is 1. The van der Waals surface area contributed by atoms with Crippen LogP contribution in [0.5, 0.6) is 0 Å². The largest absolute Gasteiger partial charge is 0.394 e. The first-order valence-corrected chi connectivity index (χ1v) is 20.9. The molecule has 5 rings (SSSR count). The van der Waals surface area contributed by atoms with Crippen LogP contribution in [-0.2, 0) is 11.5 Å². The minimum atomic E-state index is -1.16. The molecule has 51 heavy (non-hydrogen) atoms. The van der Waals surface area contributed by atoms with Crippen molar-refractivity contribution in [3.8, 4) is 0 Å². The Bertz CT molecular complexity index is 1970. The second-order valence-corrected chi connectivity index (χ2v) is 21.2. The highest BCUT2D eigenvalue weighted by Crippen LogP contribution is 2.22. The molecule has 17 heteroatoms. The third kappa shape index (κ3) is 11.1. The number of hydrogen-bond donors (Lipinski definition) is 6. The van der Waals surface area contributed by atoms with Crippen LogP contribution in [0.25, 0.3) is 22.3 Å². The average molecular weight is 784 g/mol. The summed E-state index contributed by atoms with van der Waals surface area (Å²) in [5, 5.41) is 27.4. The fourth-order valence-electron chi connectivity index (χ4n) is 4.46. The van der Waals surface area contributed by atoms with E-state index in [0.29, 0.717) is 63.0 Å². The van der Waals surface area contributed by atoms with Gasteiger partial charge in [-0.1, -0.05) is 25.7 Å². The molecular formula is C34H47BrN10O5Si. The van der Waals surface area contributed by atoms with E-state index in [1.54, 1.807) is 63.2 Å². The highest BCUT2D eigenvalue weighted by Gasteiger charge is 2.25. The lowest BCUT2D eigenvalue weighted by atomic mass is 10.1. The van der Waals surface area contributed by atoms with E-state index in [4.69, 9.17) is 4.74 Å². The molecule has 0 saturated carbocycles. The molecule has 0 atom stereocenters. The van der Waals surface area contributed by atoms with Gasteiger partial charge in [-0.3, -0.25) is 9.59 Å². The third-order valence-electron chi connectivity index (χ3n) is 7.49. The number of fused-ring (bicyclic) bond motifs is 2. The quantitative estimate of drug-likeness (QED) is 0.0699. The van der Waals surface area contributed by atoms with Crippen molar-refractivity contribution in [2.75, 3.05) is 25.1 Å². The number of carbonyl (C=O) groups excluding carboxylic acids is 2. The number of anilines is 2. The lowest BCUT2D eigenvalue weighted by Gasteiger charge is -2.23. The maximum atomic E-state index is 12.7. The first kappa shape index (κ1) is 39.5. The molecule has 0 aliphatic carbocycles. The first-order valence-electron chi connectivity index (χ1n) is 16.4. The molecule has 274 valence electrons. The van der Waals surface area contributed by atoms with E-state index in [0.717, 1.165) is 11.6 Å². The Morgan fingerprint density at radius 2 is 1.57 bits per heavy atom. The van der Waals surface area contributed by atoms with Gasteiger partial charge in [-0.15, -0.1) is 0 Å². The summed E-state index contributed by atoms with van der Waals surface area (Å²) in [4.78, 5) is 49.8. The van der Waals surface area contributed by atoms with Crippen LogP contribution in [0.1, 0.15) is 54.0 Å². The summed E-state index contributed by atoms with van der Waals surface area (Å²) in [7, 11) is -1.16. The predicted octanol–water partition coefficient (Wildman–Crippen LogP) is 4.91. The van der Waals surface area contributed by atoms with Gasteiger partial charge in [0.25, 0.3) is 11.8 Å². The fourth-order valence-corrected chi connectivity index (χ4v) is 5.50. The van der Waals surface area contributed by atoms with Crippen LogP contribution >= 0.6 is 15.9 Å². The zero-order valence-corrected chi connectivity index (χ0v) is 32.8. The number of nitrogens with zero attached hydrogens (tertiary/aromatic N) is 6. The van der Waals surface area contributed by atoms with Gasteiger partial charge in [-0.2, -0.15) is 0 Å². The second-order valence-electron chi connectivity index (χ2n) is 14.7. The molecule has 6 N–H and O–H groups in total. The van der Waals surface area contributed by atoms with Gasteiger partial charge in [0.1, 0.15) is 28.2 Å². The summed E-state index contributed by atoms with van der Waals surface area (Å²) in [5.74, 6) is 0.494. The Hall–Kier alpha value is -4.29. The number of aromatic amines is 1. The van der Waals surface area contributed by atoms with Crippen LogP contribution in [0.15, 0.2) is 47.7 Å². The van der Waals surface area contributed by atoms with Crippen molar-refractivity contribution in [3.63, 3.8) is 0 Å². The van der Waals surface area contributed by atoms with Crippen molar-refractivity contribution in [3.05, 3.63) is 64.4 Å². The zero-order chi connectivity index (χ0) is 37.6. The number of rotatable bonds is 13. The number of H-pyrrole nitrogens is 1. The SMILES string of the molecule is CC(C)(CO)NC(=O)c1cn(COCC[Si](C)(C)C)c2ncc(Br)nc12.Cc1ccc(Nc2cnc3[nH]cc(C(=O)NC(C)(C)CO)c3n2)nc1. The summed E-state index contributed by atoms with van der Waals surface area (Å²) in [6.45, 7) is 16.5. The monoisotopic (exact) mass is 782 g/mol. The molecule has 0 bridgehead atoms. The number of aromatic nitrogens is 7. The number of aliphatic hydroxyl groups is 2. The lowest BCUT2D eigenvalue weighted by Crippen LogP contribution is -2.46. The van der Waals surface area contributed by atoms with Crippen molar-refractivity contribution in [2.24, 2.45) is 0 Å². The van der Waals surface area contributed by atoms with Crippen molar-refractivity contribution in [1.82, 2.24) is 45.1 Å². The standard InChI is InChI=1S/C17H27BrN4O3Si.C17H20N6O2/c1-17(2,10-23)21-16(24)12-9-22(11-25-6-7-26(3,4)5)15-14(12)20-13(18)8-19-15;1-10-4-5-12(18-6-10)21-13-8-20-15-14(22-13)11(7-19-15)16(25)23-17(2,3)9-24/h8-9,23H,6-7,10-11H2,1-5H3,(H,21,24);4-8,24H,9H2,1-3H3,(H,19,20)(H,23,25)(H,18,21,22). The molecule has 2 amide bonds. The smallest absolute Gasteiger partial charge is 0.255 e. The Balaban J connectivity index is 0.000000229. The minimum Gasteiger partial charge on any atom is -0.394 e. The Labute approximate surface area is 306 Å². The normalized spacial score (nSPS) is 12.1. The van der Waals surface area contributed by atoms with E-state index in [1.807, 2.05) is 19.1 Å². The maximum absolute atomic E-state index is 12.7. The number of carbonyl (C=O) groups is 2. The summed E-state index contributed by atoms with van der Waals surface area (Å²) in [6.07, 6.45) is 8.18. The molecule has 5 aromatic rings. The summed E-state index contributed by atoms with van der Waals surface area (Å²) >= 11 is 3.30. The summed E-state index contributed by atoms with van der Waals surface area (Å²) in [6, 6.07) is 4.85. The topological polar surface area (TPSA) is 205 Å². The highest BCUT2D eigenvalue weighted by molar-refractivity contribution is 9.10. The van der Waals surface area contributed by atoms with E-state index >= 15 is 0 Å². The Morgan fingerprint density at radius 1 is 0.902 bits per heavy atom. The zero-order valence-electron chi connectivity index (χ0n) is 30.3. The van der Waals surface area contributed by atoms with Crippen molar-refractivity contribution in [2.45, 2.75) is 78.1 Å². The van der Waals surface area contributed by atoms with Crippen molar-refractivity contribution >= 4 is 69.8 Å². The molecule has 0 aliphatic rings. The first-order chi connectivity index (χ1) is 23.9. The minimum absolute atomic E-state index is 0.160. The number of nitrogens with one attached hydrogen (secondary N) is 4. The van der Waals surface area contributed by atoms with Crippen molar-refractivity contribution < 1.29 is 24.5 Å². The van der Waals surface area contributed by atoms with Gasteiger partial charge in [0, 0.05) is 33.3 Å². The Morgan fingerprint density at radius 3 is 2.18 bits per heavy atom. The molecule has 0 spiro atoms. The van der Waals surface area contributed by atoms with Crippen LogP contribution in [0.2, 0.25) is 25.7 Å². The van der Waals surface area contributed by atoms with Gasteiger partial charge in [0.2, 0.25) is 0 Å². The highest BCUT2D eigenvalue weighted by atomic mass is 79.9. The molecule has 0 unspecified atom stereocenters. The number of hydrogen-bond acceptors (Lipinski definition) is 11. The van der Waals surface area contributed by atoms with Crippen LogP contribution < -0.4 is 16.0 Å². The van der Waals surface area contributed by atoms with Gasteiger partial charge in [0.15, 0.2) is 17.1 Å². The van der Waals surface area contributed by atoms with Crippen molar-refractivity contribution in [1.29, 1.82) is 0 Å². The van der Waals surface area contributed by atoms with E-state index in [-0.39, 0.29) is 25.0 Å². The molecule has 5 heterocycles. The second kappa shape index (κ2) is 16.4. The van der Waals surface area contributed by atoms with Crippen LogP contribution in [0, 0.1) is 6.92 Å². The molecule has 5 aromatic heterocycles. The molecule has 0 aromatic carbocycles. The Kier molecular flexibility index (Phi) is 12.7. The van der Waals surface area contributed by atoms with E-state index in [2.05, 4.69) is 81.4 Å². The number of halogens is 1. The van der Waals surface area contributed by atoms with Gasteiger partial charge in [0.05, 0.1) is 47.8 Å². The molecular weight excluding hydrogens is 736 g/mol. The number of ether oxygens (including phenoxy) is 1. The molecule has 0 saturated heterocycles. The van der Waals surface area contributed by atoms with Gasteiger partial charge in [-0.25, -0.2) is 24.9 Å². The molecule has 0 aliphatic heterocycles. The van der Waals surface area contributed by atoms with Crippen LogP contribution in [0.3, 0.4) is 0 Å². The fraction of sp³-hybridized carbons (Fsp3) is 0.441. The van der Waals surface area contributed by atoms with Gasteiger partial charge >= 0.3 is 0 Å². The number of aryl methyl sites for hydroxylation is 1. The van der Waals surface area contributed by atoms with E-state index in [9.17, 15) is 19.8 Å². The number of aliphatic hydroxyl groups excluding tert-OH is 2. The molecule has 0 fully saturated rings. The van der Waals surface area contributed by atoms with Gasteiger partial charge < -0.3 is 40.5 Å². The van der Waals surface area contributed by atoms with E-state index < -0.39 is 19.2 Å². The molecule has 15 nitrogen and oxygen atoms in total.